The number of nitrogens with zero attached hydrogens (tertiary/aromatic N) is 1. The fraction of sp³-hybridized carbons (Fsp3) is 0.667. The predicted octanol–water partition coefficient (Wildman–Crippen LogP) is 3.73. The molecular weight excluding hydrogens is 244 g/mol. The summed E-state index contributed by atoms with van der Waals surface area (Å²) >= 11 is 0. The molecule has 1 aromatic rings. The van der Waals surface area contributed by atoms with Crippen LogP contribution in [-0.4, -0.2) is 24.0 Å². The molecule has 0 aromatic heterocycles. The quantitative estimate of drug-likeness (QED) is 0.910. The van der Waals surface area contributed by atoms with Crippen molar-refractivity contribution < 1.29 is 0 Å². The number of likely N-dealkylation sites (tertiary alicyclic amines) is 1. The lowest BCUT2D eigenvalue weighted by Gasteiger charge is -2.40. The van der Waals surface area contributed by atoms with Crippen LogP contribution in [-0.2, 0) is 0 Å². The SMILES string of the molecule is CCC1CN(C(C)c2c(C)cc(C)cc2C)CCC1N. The van der Waals surface area contributed by atoms with Gasteiger partial charge in [-0.25, -0.2) is 0 Å². The Balaban J connectivity index is 2.21. The summed E-state index contributed by atoms with van der Waals surface area (Å²) in [6.07, 6.45) is 2.32. The summed E-state index contributed by atoms with van der Waals surface area (Å²) in [4.78, 5) is 2.63. The molecule has 1 aliphatic rings. The summed E-state index contributed by atoms with van der Waals surface area (Å²) in [7, 11) is 0. The molecule has 1 fully saturated rings. The van der Waals surface area contributed by atoms with Gasteiger partial charge in [0, 0.05) is 25.2 Å². The highest BCUT2D eigenvalue weighted by molar-refractivity contribution is 5.39. The zero-order chi connectivity index (χ0) is 14.9. The molecule has 0 spiro atoms. The molecule has 1 aliphatic heterocycles. The molecule has 2 N–H and O–H groups in total. The molecule has 3 unspecified atom stereocenters. The Bertz CT molecular complexity index is 443. The van der Waals surface area contributed by atoms with E-state index in [1.54, 1.807) is 0 Å². The Kier molecular flexibility index (Phi) is 4.87. The standard InChI is InChI=1S/C18H30N2/c1-6-16-11-20(8-7-17(16)19)15(5)18-13(3)9-12(2)10-14(18)4/h9-10,15-17H,6-8,11,19H2,1-5H3. The highest BCUT2D eigenvalue weighted by Gasteiger charge is 2.29. The molecule has 0 radical (unpaired) electrons. The first kappa shape index (κ1) is 15.5. The number of piperidine rings is 1. The average molecular weight is 274 g/mol. The topological polar surface area (TPSA) is 29.3 Å². The van der Waals surface area contributed by atoms with E-state index >= 15 is 0 Å². The largest absolute Gasteiger partial charge is 0.327 e. The van der Waals surface area contributed by atoms with Crippen molar-refractivity contribution in [2.24, 2.45) is 11.7 Å². The lowest BCUT2D eigenvalue weighted by atomic mass is 9.87. The van der Waals surface area contributed by atoms with Gasteiger partial charge in [-0.2, -0.15) is 0 Å². The van der Waals surface area contributed by atoms with Crippen molar-refractivity contribution in [3.63, 3.8) is 0 Å². The van der Waals surface area contributed by atoms with Crippen LogP contribution >= 0.6 is 0 Å². The maximum atomic E-state index is 6.24. The van der Waals surface area contributed by atoms with Gasteiger partial charge in [-0.1, -0.05) is 31.0 Å². The van der Waals surface area contributed by atoms with Gasteiger partial charge in [0.05, 0.1) is 0 Å². The van der Waals surface area contributed by atoms with Gasteiger partial charge in [0.2, 0.25) is 0 Å². The van der Waals surface area contributed by atoms with Crippen LogP contribution in [0.25, 0.3) is 0 Å². The third kappa shape index (κ3) is 3.07. The van der Waals surface area contributed by atoms with E-state index in [9.17, 15) is 0 Å². The van der Waals surface area contributed by atoms with E-state index in [1.165, 1.54) is 28.7 Å². The van der Waals surface area contributed by atoms with Crippen molar-refractivity contribution in [1.29, 1.82) is 0 Å². The van der Waals surface area contributed by atoms with Crippen LogP contribution in [0.2, 0.25) is 0 Å². The second kappa shape index (κ2) is 6.28. The first-order chi connectivity index (χ1) is 9.43. The van der Waals surface area contributed by atoms with Crippen LogP contribution < -0.4 is 5.73 Å². The van der Waals surface area contributed by atoms with Crippen molar-refractivity contribution in [2.75, 3.05) is 13.1 Å². The third-order valence-corrected chi connectivity index (χ3v) is 5.05. The minimum Gasteiger partial charge on any atom is -0.327 e. The molecule has 0 bridgehead atoms. The molecule has 0 aliphatic carbocycles. The number of aryl methyl sites for hydroxylation is 3. The minimum absolute atomic E-state index is 0.392. The van der Waals surface area contributed by atoms with Crippen LogP contribution in [0.15, 0.2) is 12.1 Å². The molecule has 2 heteroatoms. The van der Waals surface area contributed by atoms with E-state index in [0.717, 1.165) is 19.5 Å². The molecule has 1 heterocycles. The summed E-state index contributed by atoms with van der Waals surface area (Å²) < 4.78 is 0. The molecule has 112 valence electrons. The Morgan fingerprint density at radius 2 is 1.85 bits per heavy atom. The molecule has 3 atom stereocenters. The maximum Gasteiger partial charge on any atom is 0.0325 e. The van der Waals surface area contributed by atoms with E-state index in [4.69, 9.17) is 5.73 Å². The summed E-state index contributed by atoms with van der Waals surface area (Å²) in [6.45, 7) is 13.6. The third-order valence-electron chi connectivity index (χ3n) is 5.05. The zero-order valence-electron chi connectivity index (χ0n) is 13.7. The van der Waals surface area contributed by atoms with Gasteiger partial charge in [-0.15, -0.1) is 0 Å². The normalized spacial score (nSPS) is 25.7. The van der Waals surface area contributed by atoms with Crippen LogP contribution in [0.1, 0.15) is 55.0 Å². The number of hydrogen-bond acceptors (Lipinski definition) is 2. The molecular formula is C18H30N2. The first-order valence-corrected chi connectivity index (χ1v) is 8.01. The predicted molar refractivity (Wildman–Crippen MR) is 87.0 cm³/mol. The highest BCUT2D eigenvalue weighted by Crippen LogP contribution is 2.31. The van der Waals surface area contributed by atoms with E-state index in [-0.39, 0.29) is 0 Å². The fourth-order valence-electron chi connectivity index (χ4n) is 3.89. The summed E-state index contributed by atoms with van der Waals surface area (Å²) in [5.74, 6) is 0.650. The number of rotatable bonds is 3. The summed E-state index contributed by atoms with van der Waals surface area (Å²) in [5, 5.41) is 0. The van der Waals surface area contributed by atoms with Crippen molar-refractivity contribution >= 4 is 0 Å². The molecule has 1 aromatic carbocycles. The van der Waals surface area contributed by atoms with Gasteiger partial charge in [0.15, 0.2) is 0 Å². The maximum absolute atomic E-state index is 6.24. The molecule has 20 heavy (non-hydrogen) atoms. The van der Waals surface area contributed by atoms with Crippen LogP contribution in [0.4, 0.5) is 0 Å². The van der Waals surface area contributed by atoms with Crippen molar-refractivity contribution in [3.8, 4) is 0 Å². The van der Waals surface area contributed by atoms with Crippen molar-refractivity contribution in [2.45, 2.75) is 59.5 Å². The van der Waals surface area contributed by atoms with Gasteiger partial charge in [0.25, 0.3) is 0 Å². The van der Waals surface area contributed by atoms with Crippen LogP contribution in [0, 0.1) is 26.7 Å². The number of hydrogen-bond donors (Lipinski definition) is 1. The number of nitrogens with two attached hydrogens (primary N) is 1. The average Bonchev–Trinajstić information content (AvgIpc) is 2.37. The van der Waals surface area contributed by atoms with E-state index in [1.807, 2.05) is 0 Å². The summed E-state index contributed by atoms with van der Waals surface area (Å²) in [5.41, 5.74) is 12.0. The zero-order valence-corrected chi connectivity index (χ0v) is 13.7. The second-order valence-corrected chi connectivity index (χ2v) is 6.60. The molecule has 2 nitrogen and oxygen atoms in total. The Labute approximate surface area is 124 Å². The van der Waals surface area contributed by atoms with Gasteiger partial charge in [-0.05, 0) is 56.7 Å². The summed E-state index contributed by atoms with van der Waals surface area (Å²) in [6, 6.07) is 5.51. The number of benzene rings is 1. The van der Waals surface area contributed by atoms with Gasteiger partial charge >= 0.3 is 0 Å². The Morgan fingerprint density at radius 3 is 2.40 bits per heavy atom. The highest BCUT2D eigenvalue weighted by atomic mass is 15.2. The lowest BCUT2D eigenvalue weighted by Crippen LogP contribution is -2.47. The van der Waals surface area contributed by atoms with E-state index in [2.05, 4.69) is 51.7 Å². The molecule has 0 amide bonds. The smallest absolute Gasteiger partial charge is 0.0325 e. The monoisotopic (exact) mass is 274 g/mol. The Hall–Kier alpha value is -0.860. The molecule has 2 rings (SSSR count). The van der Waals surface area contributed by atoms with Gasteiger partial charge < -0.3 is 5.73 Å². The van der Waals surface area contributed by atoms with Crippen molar-refractivity contribution in [3.05, 3.63) is 34.4 Å². The van der Waals surface area contributed by atoms with Gasteiger partial charge in [-0.3, -0.25) is 4.90 Å². The van der Waals surface area contributed by atoms with Crippen molar-refractivity contribution in [1.82, 2.24) is 4.90 Å². The second-order valence-electron chi connectivity index (χ2n) is 6.60. The van der Waals surface area contributed by atoms with Gasteiger partial charge in [0.1, 0.15) is 0 Å². The Morgan fingerprint density at radius 1 is 1.25 bits per heavy atom. The van der Waals surface area contributed by atoms with E-state index < -0.39 is 0 Å². The molecule has 0 saturated carbocycles. The fourth-order valence-corrected chi connectivity index (χ4v) is 3.89. The van der Waals surface area contributed by atoms with Crippen LogP contribution in [0.5, 0.6) is 0 Å². The molecule has 1 saturated heterocycles. The first-order valence-electron chi connectivity index (χ1n) is 8.01. The lowest BCUT2D eigenvalue weighted by molar-refractivity contribution is 0.113. The van der Waals surface area contributed by atoms with E-state index in [0.29, 0.717) is 18.0 Å². The minimum atomic E-state index is 0.392. The van der Waals surface area contributed by atoms with Crippen LogP contribution in [0.3, 0.4) is 0 Å².